The van der Waals surface area contributed by atoms with Gasteiger partial charge in [-0.15, -0.1) is 0 Å². The second-order valence-corrected chi connectivity index (χ2v) is 10.4. The Morgan fingerprint density at radius 3 is 2.43 bits per heavy atom. The summed E-state index contributed by atoms with van der Waals surface area (Å²) >= 11 is 0. The van der Waals surface area contributed by atoms with Crippen LogP contribution in [0.15, 0.2) is 53.6 Å². The summed E-state index contributed by atoms with van der Waals surface area (Å²) < 4.78 is 5.37. The zero-order chi connectivity index (χ0) is 26.8. The van der Waals surface area contributed by atoms with Gasteiger partial charge < -0.3 is 24.9 Å². The standard InChI is InChI=1S/C28H37N5O4/c1-28(2,3)37-26(34)31-22-13-15-23(16-14-22)33(27(35)36)25-19-20(9-7-8-18-30-32-29)12-17-24(25)21-10-5-4-6-11-21/h4-6,10-12,17,19,22-23,29H,7-9,13-16,18H2,1-3H3,(H-,31,34,35,36). The average molecular weight is 508 g/mol. The Morgan fingerprint density at radius 1 is 1.11 bits per heavy atom. The Morgan fingerprint density at radius 2 is 1.81 bits per heavy atom. The maximum absolute atomic E-state index is 12.5. The van der Waals surface area contributed by atoms with E-state index < -0.39 is 17.8 Å². The molecule has 1 aliphatic carbocycles. The van der Waals surface area contributed by atoms with Gasteiger partial charge in [0.05, 0.1) is 5.69 Å². The van der Waals surface area contributed by atoms with E-state index in [4.69, 9.17) is 10.3 Å². The van der Waals surface area contributed by atoms with E-state index in [0.29, 0.717) is 37.9 Å². The zero-order valence-electron chi connectivity index (χ0n) is 21.9. The van der Waals surface area contributed by atoms with Crippen molar-refractivity contribution in [2.24, 2.45) is 5.11 Å². The number of hydrogen-bond acceptors (Lipinski definition) is 6. The molecule has 1 aliphatic rings. The number of aryl methyl sites for hydroxylation is 1. The van der Waals surface area contributed by atoms with Gasteiger partial charge in [0.25, 0.3) is 0 Å². The molecule has 0 atom stereocenters. The van der Waals surface area contributed by atoms with Gasteiger partial charge in [-0.3, -0.25) is 0 Å². The summed E-state index contributed by atoms with van der Waals surface area (Å²) in [5.41, 5.74) is 9.62. The predicted octanol–water partition coefficient (Wildman–Crippen LogP) is 5.21. The number of rotatable bonds is 9. The summed E-state index contributed by atoms with van der Waals surface area (Å²) in [5.74, 6) is 0. The Labute approximate surface area is 218 Å². The monoisotopic (exact) mass is 507 g/mol. The molecule has 0 heterocycles. The van der Waals surface area contributed by atoms with E-state index in [9.17, 15) is 14.7 Å². The number of carbonyl (C=O) groups excluding carboxylic acids is 2. The SMILES string of the molecule is CC(C)(C)OC(=O)NC1CCC(N(C(=O)[O-])c2cc(CCCCN=[N+]=N)ccc2-c2ccccc2)CC1. The molecule has 198 valence electrons. The number of amides is 2. The molecule has 0 aromatic heterocycles. The van der Waals surface area contributed by atoms with Crippen LogP contribution in [-0.2, 0) is 11.2 Å². The summed E-state index contributed by atoms with van der Waals surface area (Å²) in [5, 5.41) is 19.1. The van der Waals surface area contributed by atoms with E-state index in [1.807, 2.05) is 69.3 Å². The molecular formula is C28H37N5O4. The third-order valence-electron chi connectivity index (χ3n) is 6.43. The van der Waals surface area contributed by atoms with Gasteiger partial charge in [0.1, 0.15) is 28.9 Å². The van der Waals surface area contributed by atoms with Crippen LogP contribution in [0, 0.1) is 5.53 Å². The van der Waals surface area contributed by atoms with E-state index in [1.54, 1.807) is 0 Å². The van der Waals surface area contributed by atoms with Gasteiger partial charge >= 0.3 is 6.09 Å². The molecule has 9 heteroatoms. The Bertz CT molecular complexity index is 1100. The molecule has 2 N–H and O–H groups in total. The topological polar surface area (TPSA) is 132 Å². The number of alkyl carbamates (subject to hydrolysis) is 1. The van der Waals surface area contributed by atoms with Crippen LogP contribution in [0.4, 0.5) is 15.3 Å². The van der Waals surface area contributed by atoms with E-state index in [0.717, 1.165) is 36.0 Å². The molecule has 0 aliphatic heterocycles. The number of unbranched alkanes of at least 4 members (excludes halogenated alkanes) is 1. The highest BCUT2D eigenvalue weighted by atomic mass is 16.6. The molecule has 9 nitrogen and oxygen atoms in total. The van der Waals surface area contributed by atoms with Crippen LogP contribution in [-0.4, -0.2) is 36.4 Å². The molecule has 1 saturated carbocycles. The summed E-state index contributed by atoms with van der Waals surface area (Å²) in [6.07, 6.45) is 3.26. The van der Waals surface area contributed by atoms with Crippen LogP contribution in [0.3, 0.4) is 0 Å². The van der Waals surface area contributed by atoms with Gasteiger partial charge in [0.2, 0.25) is 4.91 Å². The maximum Gasteiger partial charge on any atom is 0.407 e. The lowest BCUT2D eigenvalue weighted by Crippen LogP contribution is -2.51. The molecule has 0 radical (unpaired) electrons. The molecular weight excluding hydrogens is 470 g/mol. The Hall–Kier alpha value is -3.71. The van der Waals surface area contributed by atoms with Crippen LogP contribution in [0.5, 0.6) is 0 Å². The Balaban J connectivity index is 1.80. The second kappa shape index (κ2) is 13.0. The van der Waals surface area contributed by atoms with Crippen molar-refractivity contribution in [3.8, 4) is 11.1 Å². The van der Waals surface area contributed by atoms with Gasteiger partial charge in [-0.2, -0.15) is 0 Å². The minimum Gasteiger partial charge on any atom is -0.530 e. The van der Waals surface area contributed by atoms with E-state index in [1.165, 1.54) is 4.90 Å². The largest absolute Gasteiger partial charge is 0.530 e. The van der Waals surface area contributed by atoms with Gasteiger partial charge in [0.15, 0.2) is 0 Å². The lowest BCUT2D eigenvalue weighted by atomic mass is 9.89. The first-order valence-corrected chi connectivity index (χ1v) is 12.9. The quantitative estimate of drug-likeness (QED) is 0.274. The number of nitrogens with one attached hydrogen (secondary N) is 2. The number of benzene rings is 2. The summed E-state index contributed by atoms with van der Waals surface area (Å²) in [6, 6.07) is 15.4. The number of carbonyl (C=O) groups is 2. The van der Waals surface area contributed by atoms with Crippen molar-refractivity contribution >= 4 is 17.9 Å². The summed E-state index contributed by atoms with van der Waals surface area (Å²) in [7, 11) is 0. The van der Waals surface area contributed by atoms with Crippen molar-refractivity contribution in [2.45, 2.75) is 83.4 Å². The molecule has 1 fully saturated rings. The molecule has 2 aromatic rings. The third kappa shape index (κ3) is 8.43. The van der Waals surface area contributed by atoms with Crippen LogP contribution in [0.1, 0.15) is 64.9 Å². The highest BCUT2D eigenvalue weighted by Crippen LogP contribution is 2.36. The van der Waals surface area contributed by atoms with Gasteiger partial charge in [-0.05, 0) is 82.9 Å². The molecule has 2 amide bonds. The van der Waals surface area contributed by atoms with Crippen LogP contribution >= 0.6 is 0 Å². The van der Waals surface area contributed by atoms with Crippen LogP contribution in [0.2, 0.25) is 0 Å². The van der Waals surface area contributed by atoms with Gasteiger partial charge in [-0.25, -0.2) is 4.79 Å². The fourth-order valence-electron chi connectivity index (χ4n) is 4.75. The molecule has 0 unspecified atom stereocenters. The highest BCUT2D eigenvalue weighted by Gasteiger charge is 2.30. The molecule has 37 heavy (non-hydrogen) atoms. The first-order valence-electron chi connectivity index (χ1n) is 12.9. The second-order valence-electron chi connectivity index (χ2n) is 10.4. The van der Waals surface area contributed by atoms with Gasteiger partial charge in [-0.1, -0.05) is 42.5 Å². The molecule has 2 aromatic carbocycles. The average Bonchev–Trinajstić information content (AvgIpc) is 2.84. The predicted molar refractivity (Wildman–Crippen MR) is 140 cm³/mol. The van der Waals surface area contributed by atoms with Gasteiger partial charge in [0, 0.05) is 17.6 Å². The zero-order valence-corrected chi connectivity index (χ0v) is 21.9. The van der Waals surface area contributed by atoms with Crippen LogP contribution < -0.4 is 20.2 Å². The molecule has 0 bridgehead atoms. The van der Waals surface area contributed by atoms with E-state index in [-0.39, 0.29) is 12.1 Å². The van der Waals surface area contributed by atoms with Crippen molar-refractivity contribution in [1.82, 2.24) is 10.2 Å². The number of ether oxygens (including phenoxy) is 1. The van der Waals surface area contributed by atoms with Crippen molar-refractivity contribution in [3.05, 3.63) is 54.1 Å². The molecule has 0 saturated heterocycles. The first kappa shape index (κ1) is 27.9. The smallest absolute Gasteiger partial charge is 0.407 e. The van der Waals surface area contributed by atoms with Crippen LogP contribution in [0.25, 0.3) is 11.1 Å². The minimum atomic E-state index is -1.23. The lowest BCUT2D eigenvalue weighted by molar-refractivity contribution is -0.247. The highest BCUT2D eigenvalue weighted by molar-refractivity contribution is 5.92. The Kier molecular flexibility index (Phi) is 9.80. The first-order chi connectivity index (χ1) is 17.7. The summed E-state index contributed by atoms with van der Waals surface area (Å²) in [4.78, 5) is 29.2. The van der Waals surface area contributed by atoms with Crippen molar-refractivity contribution < 1.29 is 19.4 Å². The number of anilines is 1. The van der Waals surface area contributed by atoms with Crippen molar-refractivity contribution in [3.63, 3.8) is 0 Å². The number of carboxylic acid groups (broad SMARTS) is 1. The lowest BCUT2D eigenvalue weighted by Gasteiger charge is -2.39. The number of hydrogen-bond donors (Lipinski definition) is 2. The van der Waals surface area contributed by atoms with Crippen molar-refractivity contribution in [2.75, 3.05) is 11.4 Å². The maximum atomic E-state index is 12.5. The molecule has 3 rings (SSSR count). The fourth-order valence-corrected chi connectivity index (χ4v) is 4.75. The van der Waals surface area contributed by atoms with Crippen molar-refractivity contribution in [1.29, 1.82) is 5.53 Å². The fraction of sp³-hybridized carbons (Fsp3) is 0.500. The van der Waals surface area contributed by atoms with E-state index in [2.05, 4.69) is 15.3 Å². The minimum absolute atomic E-state index is 0.0597. The normalized spacial score (nSPS) is 17.4. The number of nitrogens with zero attached hydrogens (tertiary/aromatic N) is 3. The summed E-state index contributed by atoms with van der Waals surface area (Å²) in [6.45, 7) is 5.97. The third-order valence-corrected chi connectivity index (χ3v) is 6.43. The van der Waals surface area contributed by atoms with E-state index >= 15 is 0 Å². The molecule has 0 spiro atoms.